The molecule has 1 rings (SSSR count). The van der Waals surface area contributed by atoms with E-state index in [0.717, 1.165) is 0 Å². The average Bonchev–Trinajstić information content (AvgIpc) is 1.88. The van der Waals surface area contributed by atoms with E-state index in [9.17, 15) is 0 Å². The molecule has 0 atom stereocenters. The van der Waals surface area contributed by atoms with Crippen LogP contribution in [0.1, 0.15) is 5.56 Å². The zero-order chi connectivity index (χ0) is 7.56. The summed E-state index contributed by atoms with van der Waals surface area (Å²) in [5.74, 6) is 2.38. The smallest absolute Gasteiger partial charge is 0.131 e. The molecule has 0 spiro atoms. The number of hydrogen-bond donors (Lipinski definition) is 1. The van der Waals surface area contributed by atoms with Crippen molar-refractivity contribution in [3.8, 4) is 12.3 Å². The first kappa shape index (κ1) is 6.91. The van der Waals surface area contributed by atoms with E-state index in [0.29, 0.717) is 16.4 Å². The zero-order valence-electron chi connectivity index (χ0n) is 5.13. The van der Waals surface area contributed by atoms with Gasteiger partial charge in [-0.25, -0.2) is 4.98 Å². The maximum absolute atomic E-state index is 5.51. The van der Waals surface area contributed by atoms with Gasteiger partial charge in [0.05, 0.1) is 11.3 Å². The number of anilines is 1. The van der Waals surface area contributed by atoms with Gasteiger partial charge in [0.1, 0.15) is 5.15 Å². The summed E-state index contributed by atoms with van der Waals surface area (Å²) in [5.41, 5.74) is 6.53. The third-order valence-electron chi connectivity index (χ3n) is 1.06. The van der Waals surface area contributed by atoms with Crippen molar-refractivity contribution >= 4 is 17.3 Å². The number of nitrogen functional groups attached to an aromatic ring is 1. The second kappa shape index (κ2) is 2.59. The van der Waals surface area contributed by atoms with E-state index in [-0.39, 0.29) is 0 Å². The van der Waals surface area contributed by atoms with E-state index < -0.39 is 0 Å². The lowest BCUT2D eigenvalue weighted by Gasteiger charge is -1.95. The number of rotatable bonds is 0. The van der Waals surface area contributed by atoms with Gasteiger partial charge in [-0.3, -0.25) is 0 Å². The van der Waals surface area contributed by atoms with Crippen molar-refractivity contribution in [1.29, 1.82) is 0 Å². The molecule has 0 aromatic carbocycles. The third kappa shape index (κ3) is 1.20. The molecule has 0 unspecified atom stereocenters. The highest BCUT2D eigenvalue weighted by Crippen LogP contribution is 2.13. The molecule has 0 aliphatic carbocycles. The fourth-order valence-electron chi connectivity index (χ4n) is 0.565. The van der Waals surface area contributed by atoms with Crippen LogP contribution in [-0.4, -0.2) is 4.98 Å². The van der Waals surface area contributed by atoms with Crippen LogP contribution in [0.25, 0.3) is 0 Å². The van der Waals surface area contributed by atoms with Crippen molar-refractivity contribution in [3.63, 3.8) is 0 Å². The molecule has 1 heterocycles. The minimum Gasteiger partial charge on any atom is -0.398 e. The highest BCUT2D eigenvalue weighted by Gasteiger charge is 1.95. The maximum atomic E-state index is 5.51. The highest BCUT2D eigenvalue weighted by molar-refractivity contribution is 6.29. The predicted molar refractivity (Wildman–Crippen MR) is 41.6 cm³/mol. The molecule has 3 heteroatoms. The van der Waals surface area contributed by atoms with Gasteiger partial charge in [0.25, 0.3) is 0 Å². The largest absolute Gasteiger partial charge is 0.398 e. The molecular weight excluding hydrogens is 148 g/mol. The number of aromatic nitrogens is 1. The van der Waals surface area contributed by atoms with E-state index in [1.54, 1.807) is 0 Å². The number of terminal acetylenes is 1. The fourth-order valence-corrected chi connectivity index (χ4v) is 0.731. The van der Waals surface area contributed by atoms with Crippen LogP contribution in [0.4, 0.5) is 5.69 Å². The van der Waals surface area contributed by atoms with Gasteiger partial charge >= 0.3 is 0 Å². The molecule has 2 nitrogen and oxygen atoms in total. The van der Waals surface area contributed by atoms with Crippen molar-refractivity contribution in [1.82, 2.24) is 4.98 Å². The van der Waals surface area contributed by atoms with E-state index in [4.69, 9.17) is 23.8 Å². The molecule has 2 N–H and O–H groups in total. The molecule has 1 aromatic rings. The van der Waals surface area contributed by atoms with Gasteiger partial charge in [-0.05, 0) is 6.07 Å². The van der Waals surface area contributed by atoms with Gasteiger partial charge in [0.2, 0.25) is 0 Å². The molecule has 0 aliphatic rings. The third-order valence-corrected chi connectivity index (χ3v) is 1.26. The van der Waals surface area contributed by atoms with Gasteiger partial charge < -0.3 is 5.73 Å². The molecule has 0 saturated carbocycles. The van der Waals surface area contributed by atoms with Gasteiger partial charge in [-0.15, -0.1) is 6.42 Å². The van der Waals surface area contributed by atoms with Crippen LogP contribution in [0.3, 0.4) is 0 Å². The second-order valence-corrected chi connectivity index (χ2v) is 2.13. The van der Waals surface area contributed by atoms with Crippen LogP contribution in [-0.2, 0) is 0 Å². The Morgan fingerprint density at radius 1 is 1.70 bits per heavy atom. The number of pyridine rings is 1. The Balaban J connectivity index is 3.23. The Morgan fingerprint density at radius 2 is 2.40 bits per heavy atom. The number of halogens is 1. The summed E-state index contributed by atoms with van der Waals surface area (Å²) in [6.45, 7) is 0. The summed E-state index contributed by atoms with van der Waals surface area (Å²) in [4.78, 5) is 3.75. The summed E-state index contributed by atoms with van der Waals surface area (Å²) >= 11 is 5.51. The van der Waals surface area contributed by atoms with Crippen molar-refractivity contribution in [3.05, 3.63) is 23.0 Å². The van der Waals surface area contributed by atoms with E-state index in [2.05, 4.69) is 10.9 Å². The van der Waals surface area contributed by atoms with Gasteiger partial charge in [-0.2, -0.15) is 0 Å². The van der Waals surface area contributed by atoms with Gasteiger partial charge in [-0.1, -0.05) is 17.5 Å². The average molecular weight is 153 g/mol. The first-order chi connectivity index (χ1) is 4.74. The lowest BCUT2D eigenvalue weighted by molar-refractivity contribution is 1.32. The molecule has 1 aromatic heterocycles. The Hall–Kier alpha value is -1.20. The molecular formula is C7H5ClN2. The Bertz CT molecular complexity index is 288. The highest BCUT2D eigenvalue weighted by atomic mass is 35.5. The van der Waals surface area contributed by atoms with E-state index in [1.165, 1.54) is 12.3 Å². The van der Waals surface area contributed by atoms with Crippen LogP contribution in [0, 0.1) is 12.3 Å². The molecule has 0 radical (unpaired) electrons. The summed E-state index contributed by atoms with van der Waals surface area (Å²) in [5, 5.41) is 0.358. The summed E-state index contributed by atoms with van der Waals surface area (Å²) in [6.07, 6.45) is 6.56. The molecule has 0 aliphatic heterocycles. The lowest BCUT2D eigenvalue weighted by atomic mass is 10.2. The first-order valence-electron chi connectivity index (χ1n) is 2.61. The topological polar surface area (TPSA) is 38.9 Å². The van der Waals surface area contributed by atoms with Crippen LogP contribution in [0.15, 0.2) is 12.3 Å². The predicted octanol–water partition coefficient (Wildman–Crippen LogP) is 1.30. The van der Waals surface area contributed by atoms with E-state index in [1.807, 2.05) is 0 Å². The fraction of sp³-hybridized carbons (Fsp3) is 0. The van der Waals surface area contributed by atoms with Crippen LogP contribution < -0.4 is 5.73 Å². The summed E-state index contributed by atoms with van der Waals surface area (Å²) in [6, 6.07) is 1.52. The molecule has 0 fully saturated rings. The van der Waals surface area contributed by atoms with Crippen LogP contribution in [0.2, 0.25) is 5.15 Å². The molecule has 0 saturated heterocycles. The second-order valence-electron chi connectivity index (χ2n) is 1.74. The summed E-state index contributed by atoms with van der Waals surface area (Å²) < 4.78 is 0. The number of nitrogens with two attached hydrogens (primary N) is 1. The molecule has 0 amide bonds. The van der Waals surface area contributed by atoms with E-state index >= 15 is 0 Å². The Morgan fingerprint density at radius 3 is 2.90 bits per heavy atom. The first-order valence-corrected chi connectivity index (χ1v) is 2.99. The standard InChI is InChI=1S/C7H5ClN2/c1-2-5-4-10-7(8)3-6(5)9/h1,3-4H,(H2,9,10). The maximum Gasteiger partial charge on any atom is 0.131 e. The number of hydrogen-bond acceptors (Lipinski definition) is 2. The molecule has 0 bridgehead atoms. The van der Waals surface area contributed by atoms with Gasteiger partial charge in [0.15, 0.2) is 0 Å². The normalized spacial score (nSPS) is 8.80. The minimum atomic E-state index is 0.358. The van der Waals surface area contributed by atoms with Crippen LogP contribution >= 0.6 is 11.6 Å². The van der Waals surface area contributed by atoms with Crippen molar-refractivity contribution < 1.29 is 0 Å². The Labute approximate surface area is 64.0 Å². The van der Waals surface area contributed by atoms with Gasteiger partial charge in [0, 0.05) is 6.20 Å². The molecule has 10 heavy (non-hydrogen) atoms. The minimum absolute atomic E-state index is 0.358. The van der Waals surface area contributed by atoms with Crippen molar-refractivity contribution in [2.45, 2.75) is 0 Å². The summed E-state index contributed by atoms with van der Waals surface area (Å²) in [7, 11) is 0. The number of nitrogens with zero attached hydrogens (tertiary/aromatic N) is 1. The molecule has 50 valence electrons. The lowest BCUT2D eigenvalue weighted by Crippen LogP contribution is -1.90. The quantitative estimate of drug-likeness (QED) is 0.450. The Kier molecular flexibility index (Phi) is 1.79. The van der Waals surface area contributed by atoms with Crippen LogP contribution in [0.5, 0.6) is 0 Å². The van der Waals surface area contributed by atoms with Crippen molar-refractivity contribution in [2.24, 2.45) is 0 Å². The SMILES string of the molecule is C#Cc1cnc(Cl)cc1N. The monoisotopic (exact) mass is 152 g/mol. The van der Waals surface area contributed by atoms with Crippen molar-refractivity contribution in [2.75, 3.05) is 5.73 Å². The zero-order valence-corrected chi connectivity index (χ0v) is 5.89.